The van der Waals surface area contributed by atoms with Gasteiger partial charge in [-0.15, -0.1) is 0 Å². The highest BCUT2D eigenvalue weighted by molar-refractivity contribution is 5.85. The van der Waals surface area contributed by atoms with Crippen LogP contribution in [-0.4, -0.2) is 29.8 Å². The maximum absolute atomic E-state index is 13.2. The van der Waals surface area contributed by atoms with Crippen molar-refractivity contribution in [2.24, 2.45) is 0 Å². The van der Waals surface area contributed by atoms with E-state index in [1.165, 1.54) is 5.56 Å². The van der Waals surface area contributed by atoms with Crippen molar-refractivity contribution in [3.8, 4) is 0 Å². The van der Waals surface area contributed by atoms with E-state index < -0.39 is 0 Å². The number of rotatable bonds is 5. The quantitative estimate of drug-likeness (QED) is 0.884. The molecule has 2 aromatic carbocycles. The third-order valence-corrected chi connectivity index (χ3v) is 5.78. The first-order chi connectivity index (χ1) is 13.2. The van der Waals surface area contributed by atoms with Crippen LogP contribution in [0.25, 0.3) is 0 Å². The molecule has 2 aliphatic rings. The maximum atomic E-state index is 13.2. The Hall–Kier alpha value is -2.62. The summed E-state index contributed by atoms with van der Waals surface area (Å²) in [5.74, 6) is 0.159. The number of nitrogens with one attached hydrogen (secondary N) is 1. The number of carbonyl (C=O) groups is 2. The Morgan fingerprint density at radius 2 is 1.81 bits per heavy atom. The van der Waals surface area contributed by atoms with E-state index in [1.54, 1.807) is 0 Å². The molecule has 4 nitrogen and oxygen atoms in total. The fraction of sp³-hybridized carbons (Fsp3) is 0.391. The maximum Gasteiger partial charge on any atom is 0.228 e. The monoisotopic (exact) mass is 362 g/mol. The van der Waals surface area contributed by atoms with E-state index >= 15 is 0 Å². The van der Waals surface area contributed by atoms with Gasteiger partial charge in [0.1, 0.15) is 0 Å². The minimum absolute atomic E-state index is 0.0719. The van der Waals surface area contributed by atoms with Crippen molar-refractivity contribution in [2.75, 3.05) is 13.1 Å². The second kappa shape index (κ2) is 7.95. The van der Waals surface area contributed by atoms with Gasteiger partial charge in [0, 0.05) is 19.5 Å². The molecule has 1 saturated heterocycles. The van der Waals surface area contributed by atoms with Crippen molar-refractivity contribution >= 4 is 11.8 Å². The van der Waals surface area contributed by atoms with Gasteiger partial charge in [-0.1, -0.05) is 54.6 Å². The predicted octanol–water partition coefficient (Wildman–Crippen LogP) is 3.59. The molecule has 2 atom stereocenters. The molecule has 1 aliphatic carbocycles. The molecule has 2 amide bonds. The van der Waals surface area contributed by atoms with Crippen molar-refractivity contribution in [2.45, 2.75) is 44.1 Å². The Balaban J connectivity index is 1.54. The summed E-state index contributed by atoms with van der Waals surface area (Å²) in [5.41, 5.74) is 3.50. The smallest absolute Gasteiger partial charge is 0.228 e. The zero-order valence-corrected chi connectivity index (χ0v) is 15.6. The van der Waals surface area contributed by atoms with Gasteiger partial charge in [0.2, 0.25) is 11.8 Å². The van der Waals surface area contributed by atoms with Crippen LogP contribution in [0.2, 0.25) is 0 Å². The van der Waals surface area contributed by atoms with Crippen LogP contribution in [-0.2, 0) is 16.0 Å². The summed E-state index contributed by atoms with van der Waals surface area (Å²) in [6.07, 6.45) is 4.49. The first-order valence-corrected chi connectivity index (χ1v) is 9.93. The van der Waals surface area contributed by atoms with E-state index in [1.807, 2.05) is 47.4 Å². The van der Waals surface area contributed by atoms with Crippen LogP contribution in [0, 0.1) is 0 Å². The minimum Gasteiger partial charge on any atom is -0.347 e. The molecule has 1 aliphatic heterocycles. The molecule has 0 bridgehead atoms. The lowest BCUT2D eigenvalue weighted by molar-refractivity contribution is -0.129. The van der Waals surface area contributed by atoms with Crippen LogP contribution >= 0.6 is 0 Å². The number of hydrogen-bond donors (Lipinski definition) is 1. The molecular formula is C23H26N2O2. The van der Waals surface area contributed by atoms with Gasteiger partial charge >= 0.3 is 0 Å². The second-order valence-electron chi connectivity index (χ2n) is 7.56. The summed E-state index contributed by atoms with van der Waals surface area (Å²) in [5, 5.41) is 3.26. The van der Waals surface area contributed by atoms with Gasteiger partial charge in [0.05, 0.1) is 12.0 Å². The number of likely N-dealkylation sites (tertiary alicyclic amines) is 1. The van der Waals surface area contributed by atoms with Gasteiger partial charge in [-0.3, -0.25) is 9.59 Å². The molecule has 4 heteroatoms. The lowest BCUT2D eigenvalue weighted by Crippen LogP contribution is -2.41. The lowest BCUT2D eigenvalue weighted by atomic mass is 9.82. The van der Waals surface area contributed by atoms with Crippen LogP contribution < -0.4 is 5.32 Å². The number of carbonyl (C=O) groups excluding carboxylic acids is 2. The van der Waals surface area contributed by atoms with E-state index in [4.69, 9.17) is 0 Å². The standard InChI is InChI=1S/C23H26N2O2/c26-22-14-7-15-25(22)16-21(18-9-2-1-3-10-18)24-23(27)20-13-6-11-17-8-4-5-12-19(17)20/h1-5,8-10,12,20-21H,6-7,11,13-16H2,(H,24,27)/t20-,21-/m0/s1. The van der Waals surface area contributed by atoms with Crippen LogP contribution in [0.5, 0.6) is 0 Å². The summed E-state index contributed by atoms with van der Waals surface area (Å²) >= 11 is 0. The molecule has 27 heavy (non-hydrogen) atoms. The van der Waals surface area contributed by atoms with Gasteiger partial charge < -0.3 is 10.2 Å². The van der Waals surface area contributed by atoms with Gasteiger partial charge in [-0.25, -0.2) is 0 Å². The Bertz CT molecular complexity index is 818. The Kier molecular flexibility index (Phi) is 5.23. The van der Waals surface area contributed by atoms with Crippen molar-refractivity contribution in [1.82, 2.24) is 10.2 Å². The van der Waals surface area contributed by atoms with Crippen LogP contribution in [0.4, 0.5) is 0 Å². The summed E-state index contributed by atoms with van der Waals surface area (Å²) in [6.45, 7) is 1.33. The van der Waals surface area contributed by atoms with Gasteiger partial charge in [-0.05, 0) is 42.4 Å². The molecule has 4 rings (SSSR count). The number of aryl methyl sites for hydroxylation is 1. The number of amides is 2. The fourth-order valence-corrected chi connectivity index (χ4v) is 4.34. The van der Waals surface area contributed by atoms with E-state index in [-0.39, 0.29) is 23.8 Å². The molecule has 1 fully saturated rings. The summed E-state index contributed by atoms with van der Waals surface area (Å²) in [6, 6.07) is 18.1. The number of hydrogen-bond acceptors (Lipinski definition) is 2. The molecule has 0 spiro atoms. The minimum atomic E-state index is -0.171. The highest BCUT2D eigenvalue weighted by Gasteiger charge is 2.30. The van der Waals surface area contributed by atoms with Crippen LogP contribution in [0.1, 0.15) is 54.3 Å². The Morgan fingerprint density at radius 1 is 1.04 bits per heavy atom. The molecule has 1 heterocycles. The molecule has 0 radical (unpaired) electrons. The first kappa shape index (κ1) is 17.8. The van der Waals surface area contributed by atoms with Crippen molar-refractivity contribution < 1.29 is 9.59 Å². The molecular weight excluding hydrogens is 336 g/mol. The summed E-state index contributed by atoms with van der Waals surface area (Å²) in [7, 11) is 0. The largest absolute Gasteiger partial charge is 0.347 e. The van der Waals surface area contributed by atoms with Gasteiger partial charge in [-0.2, -0.15) is 0 Å². The molecule has 140 valence electrons. The third-order valence-electron chi connectivity index (χ3n) is 5.78. The first-order valence-electron chi connectivity index (χ1n) is 9.93. The van der Waals surface area contributed by atoms with E-state index in [0.717, 1.165) is 43.4 Å². The zero-order valence-electron chi connectivity index (χ0n) is 15.6. The number of benzene rings is 2. The van der Waals surface area contributed by atoms with E-state index in [2.05, 4.69) is 17.4 Å². The summed E-state index contributed by atoms with van der Waals surface area (Å²) < 4.78 is 0. The zero-order chi connectivity index (χ0) is 18.6. The molecule has 2 aromatic rings. The van der Waals surface area contributed by atoms with E-state index in [9.17, 15) is 9.59 Å². The average Bonchev–Trinajstić information content (AvgIpc) is 3.12. The number of fused-ring (bicyclic) bond motifs is 1. The topological polar surface area (TPSA) is 49.4 Å². The molecule has 0 unspecified atom stereocenters. The highest BCUT2D eigenvalue weighted by atomic mass is 16.2. The van der Waals surface area contributed by atoms with E-state index in [0.29, 0.717) is 13.0 Å². The highest BCUT2D eigenvalue weighted by Crippen LogP contribution is 2.32. The Morgan fingerprint density at radius 3 is 2.59 bits per heavy atom. The van der Waals surface area contributed by atoms with Gasteiger partial charge in [0.15, 0.2) is 0 Å². The predicted molar refractivity (Wildman–Crippen MR) is 105 cm³/mol. The van der Waals surface area contributed by atoms with Gasteiger partial charge in [0.25, 0.3) is 0 Å². The number of nitrogens with zero attached hydrogens (tertiary/aromatic N) is 1. The third kappa shape index (κ3) is 3.90. The average molecular weight is 362 g/mol. The van der Waals surface area contributed by atoms with Crippen LogP contribution in [0.15, 0.2) is 54.6 Å². The van der Waals surface area contributed by atoms with Crippen molar-refractivity contribution in [1.29, 1.82) is 0 Å². The van der Waals surface area contributed by atoms with Crippen molar-refractivity contribution in [3.63, 3.8) is 0 Å². The SMILES string of the molecule is O=C(N[C@@H](CN1CCCC1=O)c1ccccc1)[C@H]1CCCc2ccccc21. The molecule has 0 saturated carbocycles. The molecule has 0 aromatic heterocycles. The van der Waals surface area contributed by atoms with Crippen LogP contribution in [0.3, 0.4) is 0 Å². The second-order valence-corrected chi connectivity index (χ2v) is 7.56. The lowest BCUT2D eigenvalue weighted by Gasteiger charge is -2.29. The normalized spacial score (nSPS) is 20.2. The molecule has 1 N–H and O–H groups in total. The summed E-state index contributed by atoms with van der Waals surface area (Å²) in [4.78, 5) is 27.2. The van der Waals surface area contributed by atoms with Crippen molar-refractivity contribution in [3.05, 3.63) is 71.3 Å². The fourth-order valence-electron chi connectivity index (χ4n) is 4.34. The Labute approximate surface area is 160 Å².